The maximum absolute atomic E-state index is 12.8. The highest BCUT2D eigenvalue weighted by Crippen LogP contribution is 2.45. The molecule has 0 bridgehead atoms. The zero-order chi connectivity index (χ0) is 23.4. The molecule has 0 fully saturated rings. The first-order chi connectivity index (χ1) is 15.7. The van der Waals surface area contributed by atoms with Crippen LogP contribution in [0.15, 0.2) is 62.9 Å². The summed E-state index contributed by atoms with van der Waals surface area (Å²) in [7, 11) is -0.457. The zero-order valence-electron chi connectivity index (χ0n) is 18.5. The molecule has 0 radical (unpaired) electrons. The number of hydrogen-bond acceptors (Lipinski definition) is 8. The second-order valence-corrected chi connectivity index (χ2v) is 12.2. The van der Waals surface area contributed by atoms with Crippen LogP contribution >= 0.6 is 20.7 Å². The van der Waals surface area contributed by atoms with Gasteiger partial charge in [0.1, 0.15) is 4.67 Å². The molecule has 1 aliphatic rings. The Morgan fingerprint density at radius 3 is 2.48 bits per heavy atom. The van der Waals surface area contributed by atoms with E-state index in [1.54, 1.807) is 58.8 Å². The highest BCUT2D eigenvalue weighted by Gasteiger charge is 2.33. The van der Waals surface area contributed by atoms with Crippen molar-refractivity contribution >= 4 is 48.0 Å². The van der Waals surface area contributed by atoms with E-state index in [4.69, 9.17) is 9.52 Å². The molecule has 2 aromatic carbocycles. The minimum absolute atomic E-state index is 0.126. The average Bonchev–Trinajstić information content (AvgIpc) is 3.33. The second-order valence-electron chi connectivity index (χ2n) is 8.40. The van der Waals surface area contributed by atoms with Crippen LogP contribution in [-0.2, 0) is 15.6 Å². The van der Waals surface area contributed by atoms with Gasteiger partial charge in [-0.05, 0) is 58.0 Å². The Morgan fingerprint density at radius 1 is 1.06 bits per heavy atom. The Balaban J connectivity index is 1.50. The maximum Gasteiger partial charge on any atom is 0.264 e. The SMILES string of the molecule is Cc1noc(NS(=O)(=O)c2ccc(N=c3ssc4c3-c3ccccc3NC4(C)C)cc2)c1C. The van der Waals surface area contributed by atoms with Gasteiger partial charge in [-0.1, -0.05) is 44.0 Å². The van der Waals surface area contributed by atoms with Crippen molar-refractivity contribution in [1.82, 2.24) is 5.16 Å². The summed E-state index contributed by atoms with van der Waals surface area (Å²) >= 11 is 0. The van der Waals surface area contributed by atoms with E-state index in [9.17, 15) is 8.42 Å². The Labute approximate surface area is 199 Å². The molecule has 0 saturated heterocycles. The van der Waals surface area contributed by atoms with Gasteiger partial charge in [0.15, 0.2) is 0 Å². The lowest BCUT2D eigenvalue weighted by Gasteiger charge is -2.33. The number of nitrogens with one attached hydrogen (secondary N) is 2. The van der Waals surface area contributed by atoms with Crippen LogP contribution in [0.5, 0.6) is 0 Å². The predicted octanol–water partition coefficient (Wildman–Crippen LogP) is 5.78. The van der Waals surface area contributed by atoms with E-state index in [2.05, 4.69) is 41.2 Å². The monoisotopic (exact) mass is 498 g/mol. The highest BCUT2D eigenvalue weighted by molar-refractivity contribution is 7.92. The molecule has 5 rings (SSSR count). The minimum atomic E-state index is -3.80. The van der Waals surface area contributed by atoms with E-state index in [-0.39, 0.29) is 16.3 Å². The van der Waals surface area contributed by atoms with Gasteiger partial charge in [-0.2, -0.15) is 0 Å². The summed E-state index contributed by atoms with van der Waals surface area (Å²) in [4.78, 5) is 6.23. The fourth-order valence-corrected chi connectivity index (χ4v) is 7.69. The number of nitrogens with zero attached hydrogens (tertiary/aromatic N) is 2. The quantitative estimate of drug-likeness (QED) is 0.348. The molecule has 7 nitrogen and oxygen atoms in total. The van der Waals surface area contributed by atoms with Crippen LogP contribution in [0.2, 0.25) is 0 Å². The van der Waals surface area contributed by atoms with Crippen LogP contribution in [0.1, 0.15) is 30.0 Å². The number of benzene rings is 2. The topological polar surface area (TPSA) is 96.6 Å². The molecule has 0 amide bonds. The first-order valence-corrected chi connectivity index (χ1v) is 13.9. The Kier molecular flexibility index (Phi) is 5.19. The standard InChI is InChI=1S/C23H22N4O3S3/c1-13-14(2)26-30-21(13)27-33(28,29)16-11-9-15(10-12-16)24-22-19-17-7-5-6-8-18(17)25-23(3,4)20(19)31-32-22/h5-12,25,27H,1-4H3. The number of aryl methyl sites for hydroxylation is 1. The van der Waals surface area contributed by atoms with E-state index >= 15 is 0 Å². The molecule has 0 spiro atoms. The van der Waals surface area contributed by atoms with Crippen LogP contribution in [0.4, 0.5) is 17.3 Å². The van der Waals surface area contributed by atoms with Crippen molar-refractivity contribution in [3.05, 3.63) is 69.3 Å². The highest BCUT2D eigenvalue weighted by atomic mass is 32.9. The normalized spacial score (nSPS) is 15.0. The summed E-state index contributed by atoms with van der Waals surface area (Å²) in [5.74, 6) is 0.128. The summed E-state index contributed by atoms with van der Waals surface area (Å²) in [6.07, 6.45) is 0. The van der Waals surface area contributed by atoms with Crippen molar-refractivity contribution in [2.24, 2.45) is 4.99 Å². The van der Waals surface area contributed by atoms with E-state index in [1.165, 1.54) is 4.88 Å². The van der Waals surface area contributed by atoms with Crippen molar-refractivity contribution < 1.29 is 12.9 Å². The van der Waals surface area contributed by atoms with Gasteiger partial charge in [-0.15, -0.1) is 0 Å². The number of hydrogen-bond donors (Lipinski definition) is 2. The fraction of sp³-hybridized carbons (Fsp3) is 0.217. The third-order valence-electron chi connectivity index (χ3n) is 5.62. The molecule has 1 aliphatic heterocycles. The lowest BCUT2D eigenvalue weighted by atomic mass is 9.90. The van der Waals surface area contributed by atoms with E-state index in [0.29, 0.717) is 16.9 Å². The van der Waals surface area contributed by atoms with Crippen LogP contribution in [0, 0.1) is 13.8 Å². The molecule has 170 valence electrons. The Morgan fingerprint density at radius 2 is 1.79 bits per heavy atom. The van der Waals surface area contributed by atoms with Crippen molar-refractivity contribution in [3.63, 3.8) is 0 Å². The summed E-state index contributed by atoms with van der Waals surface area (Å²) in [6.45, 7) is 7.84. The number of aromatic nitrogens is 1. The molecule has 33 heavy (non-hydrogen) atoms. The third kappa shape index (κ3) is 3.88. The van der Waals surface area contributed by atoms with Crippen molar-refractivity contribution in [2.45, 2.75) is 38.1 Å². The van der Waals surface area contributed by atoms with Crippen molar-refractivity contribution in [2.75, 3.05) is 10.0 Å². The van der Waals surface area contributed by atoms with Crippen LogP contribution in [0.25, 0.3) is 11.1 Å². The number of rotatable bonds is 4. The van der Waals surface area contributed by atoms with Gasteiger partial charge < -0.3 is 9.84 Å². The smallest absolute Gasteiger partial charge is 0.264 e. The molecule has 0 saturated carbocycles. The molecular weight excluding hydrogens is 476 g/mol. The van der Waals surface area contributed by atoms with E-state index in [1.807, 2.05) is 12.1 Å². The maximum atomic E-state index is 12.8. The molecule has 2 aromatic heterocycles. The molecule has 0 unspecified atom stereocenters. The molecule has 3 heterocycles. The number of anilines is 2. The minimum Gasteiger partial charge on any atom is -0.375 e. The Hall–Kier alpha value is -2.95. The number of para-hydroxylation sites is 1. The first-order valence-electron chi connectivity index (χ1n) is 10.3. The molecule has 0 aliphatic carbocycles. The Bertz CT molecular complexity index is 1530. The van der Waals surface area contributed by atoms with Crippen LogP contribution in [-0.4, -0.2) is 13.6 Å². The predicted molar refractivity (Wildman–Crippen MR) is 133 cm³/mol. The van der Waals surface area contributed by atoms with Gasteiger partial charge >= 0.3 is 0 Å². The van der Waals surface area contributed by atoms with E-state index < -0.39 is 10.0 Å². The summed E-state index contributed by atoms with van der Waals surface area (Å²) in [5.41, 5.74) is 5.14. The summed E-state index contributed by atoms with van der Waals surface area (Å²) < 4.78 is 34.0. The molecule has 10 heteroatoms. The van der Waals surface area contributed by atoms with Crippen molar-refractivity contribution in [1.29, 1.82) is 0 Å². The largest absolute Gasteiger partial charge is 0.375 e. The van der Waals surface area contributed by atoms with E-state index in [0.717, 1.165) is 21.5 Å². The van der Waals surface area contributed by atoms with Crippen LogP contribution < -0.4 is 14.7 Å². The van der Waals surface area contributed by atoms with Crippen LogP contribution in [0.3, 0.4) is 0 Å². The van der Waals surface area contributed by atoms with Gasteiger partial charge in [-0.25, -0.2) is 18.1 Å². The summed E-state index contributed by atoms with van der Waals surface area (Å²) in [6, 6.07) is 14.7. The summed E-state index contributed by atoms with van der Waals surface area (Å²) in [5, 5.41) is 7.40. The van der Waals surface area contributed by atoms with Crippen molar-refractivity contribution in [3.8, 4) is 11.1 Å². The van der Waals surface area contributed by atoms with Gasteiger partial charge in [0, 0.05) is 22.4 Å². The second kappa shape index (κ2) is 7.82. The van der Waals surface area contributed by atoms with Gasteiger partial charge in [-0.3, -0.25) is 0 Å². The average molecular weight is 499 g/mol. The number of sulfonamides is 1. The van der Waals surface area contributed by atoms with Gasteiger partial charge in [0.2, 0.25) is 5.88 Å². The van der Waals surface area contributed by atoms with Gasteiger partial charge in [0.05, 0.1) is 26.7 Å². The molecule has 2 N–H and O–H groups in total. The number of fused-ring (bicyclic) bond motifs is 3. The van der Waals surface area contributed by atoms with Gasteiger partial charge in [0.25, 0.3) is 10.0 Å². The zero-order valence-corrected chi connectivity index (χ0v) is 20.9. The molecule has 4 aromatic rings. The lowest BCUT2D eigenvalue weighted by molar-refractivity contribution is 0.430. The molecular formula is C23H22N4O3S3. The fourth-order valence-electron chi connectivity index (χ4n) is 3.70. The first kappa shape index (κ1) is 21.9. The molecule has 0 atom stereocenters. The lowest BCUT2D eigenvalue weighted by Crippen LogP contribution is -2.31. The third-order valence-corrected chi connectivity index (χ3v) is 9.61.